The quantitative estimate of drug-likeness (QED) is 0.278. The molecule has 0 spiro atoms. The van der Waals surface area contributed by atoms with Crippen molar-refractivity contribution in [2.75, 3.05) is 12.0 Å². The topological polar surface area (TPSA) is 86.0 Å². The third-order valence-electron chi connectivity index (χ3n) is 3.61. The number of nitro benzene ring substituents is 1. The Bertz CT molecular complexity index is 949. The lowest BCUT2D eigenvalue weighted by molar-refractivity contribution is -0.384. The molecule has 0 unspecified atom stereocenters. The van der Waals surface area contributed by atoms with E-state index in [4.69, 9.17) is 9.47 Å². The van der Waals surface area contributed by atoms with Gasteiger partial charge in [0.1, 0.15) is 5.69 Å². The van der Waals surface area contributed by atoms with Crippen molar-refractivity contribution in [2.24, 2.45) is 5.10 Å². The Balaban J connectivity index is 2.29. The number of halogens is 4. The predicted molar refractivity (Wildman–Crippen MR) is 110 cm³/mol. The zero-order valence-corrected chi connectivity index (χ0v) is 17.9. The van der Waals surface area contributed by atoms with Crippen LogP contribution in [0.3, 0.4) is 0 Å². The van der Waals surface area contributed by atoms with E-state index in [1.165, 1.54) is 6.21 Å². The molecule has 30 heavy (non-hydrogen) atoms. The molecule has 0 aromatic heterocycles. The molecule has 0 heterocycles. The lowest BCUT2D eigenvalue weighted by atomic mass is 10.1. The Morgan fingerprint density at radius 1 is 1.30 bits per heavy atom. The normalized spacial score (nSPS) is 11.7. The molecule has 0 saturated carbocycles. The van der Waals surface area contributed by atoms with Crippen LogP contribution in [0.5, 0.6) is 11.5 Å². The average molecular weight is 490 g/mol. The zero-order chi connectivity index (χ0) is 22.5. The Kier molecular flexibility index (Phi) is 7.65. The summed E-state index contributed by atoms with van der Waals surface area (Å²) in [6.45, 7) is 5.97. The molecular formula is C19H19BrF3N3O4. The number of rotatable bonds is 8. The number of hydrazone groups is 1. The summed E-state index contributed by atoms with van der Waals surface area (Å²) in [5, 5.41) is 15.0. The van der Waals surface area contributed by atoms with Crippen LogP contribution in [0.4, 0.5) is 24.5 Å². The van der Waals surface area contributed by atoms with E-state index >= 15 is 0 Å². The van der Waals surface area contributed by atoms with Gasteiger partial charge in [-0.3, -0.25) is 15.5 Å². The number of benzene rings is 2. The molecule has 2 rings (SSSR count). The fourth-order valence-electron chi connectivity index (χ4n) is 2.41. The van der Waals surface area contributed by atoms with Crippen molar-refractivity contribution in [3.05, 3.63) is 56.0 Å². The van der Waals surface area contributed by atoms with Crippen LogP contribution >= 0.6 is 15.9 Å². The molecule has 7 nitrogen and oxygen atoms in total. The molecular weight excluding hydrogens is 471 g/mol. The number of hydrogen-bond acceptors (Lipinski definition) is 6. The van der Waals surface area contributed by atoms with Gasteiger partial charge in [0.05, 0.1) is 33.9 Å². The van der Waals surface area contributed by atoms with Gasteiger partial charge in [0.2, 0.25) is 0 Å². The van der Waals surface area contributed by atoms with Crippen LogP contribution in [0.25, 0.3) is 0 Å². The minimum absolute atomic E-state index is 0.0816. The molecule has 0 radical (unpaired) electrons. The maximum absolute atomic E-state index is 12.8. The number of hydrogen-bond donors (Lipinski definition) is 1. The van der Waals surface area contributed by atoms with Crippen LogP contribution in [-0.4, -0.2) is 23.8 Å². The summed E-state index contributed by atoms with van der Waals surface area (Å²) in [5.74, 6) is 0.998. The zero-order valence-electron chi connectivity index (χ0n) is 16.3. The van der Waals surface area contributed by atoms with Gasteiger partial charge in [0.15, 0.2) is 11.5 Å². The van der Waals surface area contributed by atoms with Crippen LogP contribution in [0.2, 0.25) is 0 Å². The molecule has 1 N–H and O–H groups in total. The number of alkyl halides is 3. The summed E-state index contributed by atoms with van der Waals surface area (Å²) in [5.41, 5.74) is 0.959. The van der Waals surface area contributed by atoms with E-state index in [2.05, 4.69) is 26.5 Å². The van der Waals surface area contributed by atoms with E-state index in [0.29, 0.717) is 34.2 Å². The summed E-state index contributed by atoms with van der Waals surface area (Å²) >= 11 is 3.41. The van der Waals surface area contributed by atoms with Crippen molar-refractivity contribution in [2.45, 2.75) is 33.1 Å². The summed E-state index contributed by atoms with van der Waals surface area (Å²) in [6.07, 6.45) is -3.41. The third kappa shape index (κ3) is 6.09. The minimum Gasteiger partial charge on any atom is -0.490 e. The lowest BCUT2D eigenvalue weighted by Crippen LogP contribution is -2.08. The molecule has 162 valence electrons. The van der Waals surface area contributed by atoms with Crippen molar-refractivity contribution in [1.29, 1.82) is 0 Å². The molecule has 0 amide bonds. The van der Waals surface area contributed by atoms with E-state index in [9.17, 15) is 23.3 Å². The van der Waals surface area contributed by atoms with Gasteiger partial charge in [-0.1, -0.05) is 0 Å². The smallest absolute Gasteiger partial charge is 0.416 e. The summed E-state index contributed by atoms with van der Waals surface area (Å²) < 4.78 is 50.3. The molecule has 0 atom stereocenters. The summed E-state index contributed by atoms with van der Waals surface area (Å²) in [4.78, 5) is 10.2. The van der Waals surface area contributed by atoms with E-state index in [1.807, 2.05) is 20.8 Å². The molecule has 0 fully saturated rings. The molecule has 0 aliphatic carbocycles. The van der Waals surface area contributed by atoms with Gasteiger partial charge in [0, 0.05) is 6.07 Å². The van der Waals surface area contributed by atoms with Crippen molar-refractivity contribution >= 4 is 33.5 Å². The molecule has 0 bridgehead atoms. The second-order valence-electron chi connectivity index (χ2n) is 6.29. The second-order valence-corrected chi connectivity index (χ2v) is 7.14. The Labute approximate surface area is 179 Å². The minimum atomic E-state index is -4.69. The SMILES string of the molecule is CCOc1cc(/C=N\Nc2ccc(C(F)(F)F)cc2[N+](=O)[O-])cc(Br)c1OC(C)C. The number of ether oxygens (including phenoxy) is 2. The van der Waals surface area contributed by atoms with E-state index in [0.717, 1.165) is 12.1 Å². The van der Waals surface area contributed by atoms with Crippen molar-refractivity contribution in [1.82, 2.24) is 0 Å². The molecule has 11 heteroatoms. The van der Waals surface area contributed by atoms with E-state index in [1.54, 1.807) is 12.1 Å². The highest BCUT2D eigenvalue weighted by atomic mass is 79.9. The van der Waals surface area contributed by atoms with Gasteiger partial charge >= 0.3 is 6.18 Å². The van der Waals surface area contributed by atoms with Gasteiger partial charge in [-0.2, -0.15) is 18.3 Å². The second kappa shape index (κ2) is 9.79. The molecule has 0 saturated heterocycles. The van der Waals surface area contributed by atoms with Crippen molar-refractivity contribution < 1.29 is 27.6 Å². The standard InChI is InChI=1S/C19H19BrF3N3O4/c1-4-29-17-8-12(7-14(20)18(17)30-11(2)3)10-24-25-15-6-5-13(19(21,22)23)9-16(15)26(27)28/h5-11,25H,4H2,1-3H3/b24-10-. The number of nitro groups is 1. The van der Waals surface area contributed by atoms with Crippen molar-refractivity contribution in [3.8, 4) is 11.5 Å². The van der Waals surface area contributed by atoms with Crippen LogP contribution < -0.4 is 14.9 Å². The Morgan fingerprint density at radius 2 is 2.00 bits per heavy atom. The fraction of sp³-hybridized carbons (Fsp3) is 0.316. The molecule has 0 aliphatic rings. The molecule has 2 aromatic rings. The highest BCUT2D eigenvalue weighted by Crippen LogP contribution is 2.38. The average Bonchev–Trinajstić information content (AvgIpc) is 2.63. The largest absolute Gasteiger partial charge is 0.490 e. The van der Waals surface area contributed by atoms with Gasteiger partial charge < -0.3 is 9.47 Å². The highest BCUT2D eigenvalue weighted by molar-refractivity contribution is 9.10. The van der Waals surface area contributed by atoms with Crippen LogP contribution in [0, 0.1) is 10.1 Å². The summed E-state index contributed by atoms with van der Waals surface area (Å²) in [6, 6.07) is 5.52. The Morgan fingerprint density at radius 3 is 2.57 bits per heavy atom. The summed E-state index contributed by atoms with van der Waals surface area (Å²) in [7, 11) is 0. The van der Waals surface area contributed by atoms with Crippen LogP contribution in [-0.2, 0) is 6.18 Å². The first-order valence-electron chi connectivity index (χ1n) is 8.80. The lowest BCUT2D eigenvalue weighted by Gasteiger charge is -2.16. The monoisotopic (exact) mass is 489 g/mol. The van der Waals surface area contributed by atoms with Crippen molar-refractivity contribution in [3.63, 3.8) is 0 Å². The molecule has 2 aromatic carbocycles. The number of anilines is 1. The first kappa shape index (κ1) is 23.5. The Hall–Kier alpha value is -2.82. The maximum atomic E-state index is 12.8. The number of nitrogens with zero attached hydrogens (tertiary/aromatic N) is 2. The first-order chi connectivity index (χ1) is 14.0. The van der Waals surface area contributed by atoms with E-state index in [-0.39, 0.29) is 11.8 Å². The third-order valence-corrected chi connectivity index (χ3v) is 4.19. The first-order valence-corrected chi connectivity index (χ1v) is 9.60. The highest BCUT2D eigenvalue weighted by Gasteiger charge is 2.33. The van der Waals surface area contributed by atoms with Crippen LogP contribution in [0.15, 0.2) is 39.9 Å². The van der Waals surface area contributed by atoms with Gasteiger partial charge in [0.25, 0.3) is 5.69 Å². The fourth-order valence-corrected chi connectivity index (χ4v) is 2.96. The molecule has 0 aliphatic heterocycles. The van der Waals surface area contributed by atoms with Gasteiger partial charge in [-0.15, -0.1) is 0 Å². The van der Waals surface area contributed by atoms with Gasteiger partial charge in [-0.25, -0.2) is 0 Å². The van der Waals surface area contributed by atoms with E-state index < -0.39 is 22.4 Å². The van der Waals surface area contributed by atoms with Gasteiger partial charge in [-0.05, 0) is 66.5 Å². The predicted octanol–water partition coefficient (Wildman–Crippen LogP) is 6.01. The number of nitrogens with one attached hydrogen (secondary N) is 1. The maximum Gasteiger partial charge on any atom is 0.416 e. The van der Waals surface area contributed by atoms with Crippen LogP contribution in [0.1, 0.15) is 31.9 Å².